The first-order valence-corrected chi connectivity index (χ1v) is 4.93. The molecule has 0 unspecified atom stereocenters. The van der Waals surface area contributed by atoms with Gasteiger partial charge in [-0.25, -0.2) is 4.79 Å². The molecule has 0 radical (unpaired) electrons. The number of amides is 1. The smallest absolute Gasteiger partial charge is 0.414 e. The summed E-state index contributed by atoms with van der Waals surface area (Å²) in [6.07, 6.45) is 0.576. The molecule has 1 aromatic carbocycles. The van der Waals surface area contributed by atoms with E-state index in [1.807, 2.05) is 12.1 Å². The Morgan fingerprint density at radius 2 is 2.40 bits per heavy atom. The van der Waals surface area contributed by atoms with Gasteiger partial charge in [-0.1, -0.05) is 12.1 Å². The summed E-state index contributed by atoms with van der Waals surface area (Å²) in [6.45, 7) is 1.22. The zero-order valence-electron chi connectivity index (χ0n) is 8.69. The lowest BCUT2D eigenvalue weighted by atomic mass is 10.1. The molecule has 1 heterocycles. The summed E-state index contributed by atoms with van der Waals surface area (Å²) in [6, 6.07) is 5.93. The molecule has 0 bridgehead atoms. The zero-order chi connectivity index (χ0) is 10.8. The minimum Gasteiger partial charge on any atom is -0.452 e. The number of carbonyl (C=O) groups excluding carboxylic acids is 1. The van der Waals surface area contributed by atoms with Crippen molar-refractivity contribution in [2.45, 2.75) is 13.0 Å². The highest BCUT2D eigenvalue weighted by Gasteiger charge is 2.24. The minimum atomic E-state index is -0.297. The Balaban J connectivity index is 2.32. The number of carbonyl (C=O) groups is 1. The second kappa shape index (κ2) is 3.90. The molecule has 4 heteroatoms. The SMILES string of the molecule is COC(=O)N1CCc2cc(CN)ccc21. The van der Waals surface area contributed by atoms with Gasteiger partial charge in [-0.05, 0) is 23.6 Å². The van der Waals surface area contributed by atoms with E-state index in [9.17, 15) is 4.79 Å². The lowest BCUT2D eigenvalue weighted by Gasteiger charge is -2.15. The number of hydrogen-bond donors (Lipinski definition) is 1. The van der Waals surface area contributed by atoms with Crippen LogP contribution in [0.25, 0.3) is 0 Å². The molecule has 0 atom stereocenters. The fraction of sp³-hybridized carbons (Fsp3) is 0.364. The Morgan fingerprint density at radius 1 is 1.60 bits per heavy atom. The maximum atomic E-state index is 11.4. The Morgan fingerprint density at radius 3 is 3.07 bits per heavy atom. The van der Waals surface area contributed by atoms with Crippen molar-refractivity contribution in [3.8, 4) is 0 Å². The number of benzene rings is 1. The average molecular weight is 206 g/mol. The number of fused-ring (bicyclic) bond motifs is 1. The second-order valence-electron chi connectivity index (χ2n) is 3.54. The van der Waals surface area contributed by atoms with E-state index in [4.69, 9.17) is 10.5 Å². The first kappa shape index (κ1) is 9.98. The van der Waals surface area contributed by atoms with Crippen LogP contribution >= 0.6 is 0 Å². The van der Waals surface area contributed by atoms with Gasteiger partial charge in [0.2, 0.25) is 0 Å². The summed E-state index contributed by atoms with van der Waals surface area (Å²) < 4.78 is 4.71. The van der Waals surface area contributed by atoms with Gasteiger partial charge in [-0.2, -0.15) is 0 Å². The molecule has 80 valence electrons. The van der Waals surface area contributed by atoms with Crippen molar-refractivity contribution in [1.82, 2.24) is 0 Å². The van der Waals surface area contributed by atoms with Crippen LogP contribution in [-0.2, 0) is 17.7 Å². The molecule has 0 saturated carbocycles. The highest BCUT2D eigenvalue weighted by Crippen LogP contribution is 2.29. The number of anilines is 1. The summed E-state index contributed by atoms with van der Waals surface area (Å²) in [5.41, 5.74) is 8.77. The molecular formula is C11H14N2O2. The summed E-state index contributed by atoms with van der Waals surface area (Å²) in [5, 5.41) is 0. The van der Waals surface area contributed by atoms with Gasteiger partial charge in [-0.3, -0.25) is 4.90 Å². The Labute approximate surface area is 88.6 Å². The number of nitrogens with two attached hydrogens (primary N) is 1. The van der Waals surface area contributed by atoms with Gasteiger partial charge in [0.05, 0.1) is 12.8 Å². The molecule has 1 aliphatic rings. The van der Waals surface area contributed by atoms with Gasteiger partial charge in [0.15, 0.2) is 0 Å². The van der Waals surface area contributed by atoms with Crippen LogP contribution in [0, 0.1) is 0 Å². The molecular weight excluding hydrogens is 192 g/mol. The van der Waals surface area contributed by atoms with Crippen molar-refractivity contribution in [2.24, 2.45) is 5.73 Å². The van der Waals surface area contributed by atoms with Crippen molar-refractivity contribution in [3.05, 3.63) is 29.3 Å². The summed E-state index contributed by atoms with van der Waals surface area (Å²) in [4.78, 5) is 13.1. The standard InChI is InChI=1S/C11H14N2O2/c1-15-11(14)13-5-4-9-6-8(7-12)2-3-10(9)13/h2-3,6H,4-5,7,12H2,1H3. The molecule has 2 rings (SSSR count). The van der Waals surface area contributed by atoms with E-state index in [1.165, 1.54) is 12.7 Å². The molecule has 0 fully saturated rings. The summed E-state index contributed by atoms with van der Waals surface area (Å²) in [5.74, 6) is 0. The monoisotopic (exact) mass is 206 g/mol. The normalized spacial score (nSPS) is 13.9. The summed E-state index contributed by atoms with van der Waals surface area (Å²) >= 11 is 0. The number of nitrogens with zero attached hydrogens (tertiary/aromatic N) is 1. The lowest BCUT2D eigenvalue weighted by molar-refractivity contribution is 0.179. The van der Waals surface area contributed by atoms with Crippen LogP contribution in [0.15, 0.2) is 18.2 Å². The zero-order valence-corrected chi connectivity index (χ0v) is 8.69. The van der Waals surface area contributed by atoms with Crippen LogP contribution in [0.3, 0.4) is 0 Å². The van der Waals surface area contributed by atoms with E-state index in [0.29, 0.717) is 13.1 Å². The fourth-order valence-corrected chi connectivity index (χ4v) is 1.88. The van der Waals surface area contributed by atoms with Crippen LogP contribution in [-0.4, -0.2) is 19.7 Å². The molecule has 1 amide bonds. The van der Waals surface area contributed by atoms with Gasteiger partial charge >= 0.3 is 6.09 Å². The van der Waals surface area contributed by atoms with Crippen molar-refractivity contribution in [2.75, 3.05) is 18.6 Å². The highest BCUT2D eigenvalue weighted by atomic mass is 16.5. The van der Waals surface area contributed by atoms with Gasteiger partial charge in [-0.15, -0.1) is 0 Å². The van der Waals surface area contributed by atoms with Crippen LogP contribution in [0.5, 0.6) is 0 Å². The number of rotatable bonds is 1. The van der Waals surface area contributed by atoms with Crippen molar-refractivity contribution < 1.29 is 9.53 Å². The molecule has 4 nitrogen and oxygen atoms in total. The maximum absolute atomic E-state index is 11.4. The fourth-order valence-electron chi connectivity index (χ4n) is 1.88. The number of methoxy groups -OCH3 is 1. The second-order valence-corrected chi connectivity index (χ2v) is 3.54. The Bertz CT molecular complexity index is 390. The van der Waals surface area contributed by atoms with Crippen LogP contribution in [0.2, 0.25) is 0 Å². The van der Waals surface area contributed by atoms with Crippen LogP contribution < -0.4 is 10.6 Å². The highest BCUT2D eigenvalue weighted by molar-refractivity contribution is 5.90. The predicted molar refractivity (Wildman–Crippen MR) is 57.8 cm³/mol. The first-order valence-electron chi connectivity index (χ1n) is 4.93. The van der Waals surface area contributed by atoms with Gasteiger partial charge < -0.3 is 10.5 Å². The maximum Gasteiger partial charge on any atom is 0.414 e. The van der Waals surface area contributed by atoms with Gasteiger partial charge in [0.25, 0.3) is 0 Å². The van der Waals surface area contributed by atoms with Crippen LogP contribution in [0.4, 0.5) is 10.5 Å². The van der Waals surface area contributed by atoms with Gasteiger partial charge in [0.1, 0.15) is 0 Å². The van der Waals surface area contributed by atoms with E-state index in [2.05, 4.69) is 6.07 Å². The third kappa shape index (κ3) is 1.68. The molecule has 1 aliphatic heterocycles. The Hall–Kier alpha value is -1.55. The number of hydrogen-bond acceptors (Lipinski definition) is 3. The van der Waals surface area contributed by atoms with Crippen molar-refractivity contribution >= 4 is 11.8 Å². The molecule has 0 spiro atoms. The first-order chi connectivity index (χ1) is 7.26. The lowest BCUT2D eigenvalue weighted by Crippen LogP contribution is -2.28. The third-order valence-electron chi connectivity index (χ3n) is 2.67. The molecule has 0 aliphatic carbocycles. The third-order valence-corrected chi connectivity index (χ3v) is 2.67. The molecule has 1 aromatic rings. The van der Waals surface area contributed by atoms with E-state index in [1.54, 1.807) is 4.90 Å². The van der Waals surface area contributed by atoms with E-state index in [-0.39, 0.29) is 6.09 Å². The van der Waals surface area contributed by atoms with Crippen LogP contribution in [0.1, 0.15) is 11.1 Å². The molecule has 0 aromatic heterocycles. The van der Waals surface area contributed by atoms with Crippen molar-refractivity contribution in [3.63, 3.8) is 0 Å². The van der Waals surface area contributed by atoms with E-state index in [0.717, 1.165) is 17.7 Å². The predicted octanol–water partition coefficient (Wildman–Crippen LogP) is 1.27. The quantitative estimate of drug-likeness (QED) is 0.753. The topological polar surface area (TPSA) is 55.6 Å². The minimum absolute atomic E-state index is 0.297. The summed E-state index contributed by atoms with van der Waals surface area (Å²) in [7, 11) is 1.40. The largest absolute Gasteiger partial charge is 0.452 e. The van der Waals surface area contributed by atoms with Crippen molar-refractivity contribution in [1.29, 1.82) is 0 Å². The average Bonchev–Trinajstić information content (AvgIpc) is 2.70. The van der Waals surface area contributed by atoms with E-state index >= 15 is 0 Å². The van der Waals surface area contributed by atoms with Gasteiger partial charge in [0, 0.05) is 13.1 Å². The van der Waals surface area contributed by atoms with E-state index < -0.39 is 0 Å². The molecule has 0 saturated heterocycles. The molecule has 15 heavy (non-hydrogen) atoms. The molecule has 2 N–H and O–H groups in total. The Kier molecular flexibility index (Phi) is 2.60. The number of ether oxygens (including phenoxy) is 1.